The summed E-state index contributed by atoms with van der Waals surface area (Å²) in [6, 6.07) is 14.3. The van der Waals surface area contributed by atoms with E-state index in [4.69, 9.17) is 4.74 Å². The standard InChI is InChI=1S/C18H20O2/c1-12-7-8-13(2)16(11-12)18(19)15-9-10-20-17-6-4-3-5-14(15)17/h3-8,11,15,18-19H,9-10H2,1-2H3. The van der Waals surface area contributed by atoms with E-state index in [1.165, 1.54) is 5.56 Å². The minimum atomic E-state index is -0.472. The van der Waals surface area contributed by atoms with E-state index in [9.17, 15) is 5.11 Å². The molecule has 0 amide bonds. The van der Waals surface area contributed by atoms with Crippen molar-refractivity contribution in [1.82, 2.24) is 0 Å². The lowest BCUT2D eigenvalue weighted by molar-refractivity contribution is 0.117. The molecule has 0 aromatic heterocycles. The molecule has 0 spiro atoms. The second kappa shape index (κ2) is 5.29. The Hall–Kier alpha value is -1.80. The summed E-state index contributed by atoms with van der Waals surface area (Å²) in [4.78, 5) is 0. The number of rotatable bonds is 2. The summed E-state index contributed by atoms with van der Waals surface area (Å²) in [5.41, 5.74) is 4.48. The molecule has 2 heteroatoms. The number of fused-ring (bicyclic) bond motifs is 1. The largest absolute Gasteiger partial charge is 0.493 e. The SMILES string of the molecule is Cc1ccc(C)c(C(O)C2CCOc3ccccc32)c1. The van der Waals surface area contributed by atoms with Gasteiger partial charge >= 0.3 is 0 Å². The molecule has 2 nitrogen and oxygen atoms in total. The first-order valence-corrected chi connectivity index (χ1v) is 7.14. The lowest BCUT2D eigenvalue weighted by Crippen LogP contribution is -2.20. The van der Waals surface area contributed by atoms with Gasteiger partial charge in [0.25, 0.3) is 0 Å². The van der Waals surface area contributed by atoms with E-state index in [0.717, 1.165) is 28.9 Å². The molecule has 1 aliphatic heterocycles. The molecule has 2 aromatic carbocycles. The molecule has 0 fully saturated rings. The maximum Gasteiger partial charge on any atom is 0.122 e. The highest BCUT2D eigenvalue weighted by Gasteiger charge is 2.29. The van der Waals surface area contributed by atoms with Gasteiger partial charge in [-0.05, 0) is 37.5 Å². The Morgan fingerprint density at radius 3 is 2.80 bits per heavy atom. The molecule has 1 aliphatic rings. The zero-order valence-corrected chi connectivity index (χ0v) is 12.0. The van der Waals surface area contributed by atoms with Crippen LogP contribution >= 0.6 is 0 Å². The van der Waals surface area contributed by atoms with E-state index < -0.39 is 6.10 Å². The zero-order chi connectivity index (χ0) is 14.1. The Morgan fingerprint density at radius 1 is 1.15 bits per heavy atom. The summed E-state index contributed by atoms with van der Waals surface area (Å²) in [6.45, 7) is 4.79. The van der Waals surface area contributed by atoms with Crippen molar-refractivity contribution in [3.8, 4) is 5.75 Å². The summed E-state index contributed by atoms with van der Waals surface area (Å²) < 4.78 is 5.68. The van der Waals surface area contributed by atoms with Gasteiger partial charge in [0, 0.05) is 11.5 Å². The third-order valence-electron chi connectivity index (χ3n) is 4.14. The van der Waals surface area contributed by atoms with Crippen LogP contribution < -0.4 is 4.74 Å². The van der Waals surface area contributed by atoms with Gasteiger partial charge in [-0.25, -0.2) is 0 Å². The topological polar surface area (TPSA) is 29.5 Å². The van der Waals surface area contributed by atoms with Gasteiger partial charge in [-0.1, -0.05) is 42.0 Å². The first kappa shape index (κ1) is 13.2. The maximum atomic E-state index is 10.8. The molecule has 0 aliphatic carbocycles. The second-order valence-corrected chi connectivity index (χ2v) is 5.59. The molecular formula is C18H20O2. The number of aliphatic hydroxyl groups excluding tert-OH is 1. The predicted molar refractivity (Wildman–Crippen MR) is 80.2 cm³/mol. The average Bonchev–Trinajstić information content (AvgIpc) is 2.48. The molecule has 0 radical (unpaired) electrons. The van der Waals surface area contributed by atoms with Gasteiger partial charge in [0.15, 0.2) is 0 Å². The molecule has 1 heterocycles. The number of aliphatic hydroxyl groups is 1. The molecule has 2 unspecified atom stereocenters. The molecule has 104 valence electrons. The molecule has 1 N–H and O–H groups in total. The van der Waals surface area contributed by atoms with Gasteiger partial charge in [0.1, 0.15) is 5.75 Å². The highest BCUT2D eigenvalue weighted by atomic mass is 16.5. The Kier molecular flexibility index (Phi) is 3.49. The quantitative estimate of drug-likeness (QED) is 0.895. The fourth-order valence-electron chi connectivity index (χ4n) is 2.99. The van der Waals surface area contributed by atoms with Crippen LogP contribution in [0, 0.1) is 13.8 Å². The third-order valence-corrected chi connectivity index (χ3v) is 4.14. The Bertz CT molecular complexity index is 619. The van der Waals surface area contributed by atoms with Crippen LogP contribution in [-0.2, 0) is 0 Å². The van der Waals surface area contributed by atoms with Crippen molar-refractivity contribution >= 4 is 0 Å². The van der Waals surface area contributed by atoms with Gasteiger partial charge in [0.05, 0.1) is 12.7 Å². The van der Waals surface area contributed by atoms with E-state index in [1.807, 2.05) is 18.2 Å². The lowest BCUT2D eigenvalue weighted by Gasteiger charge is -2.30. The number of ether oxygens (including phenoxy) is 1. The molecule has 3 rings (SSSR count). The number of hydrogen-bond acceptors (Lipinski definition) is 2. The molecule has 20 heavy (non-hydrogen) atoms. The van der Waals surface area contributed by atoms with Gasteiger partial charge in [-0.3, -0.25) is 0 Å². The summed E-state index contributed by atoms with van der Waals surface area (Å²) in [6.07, 6.45) is 0.380. The smallest absolute Gasteiger partial charge is 0.122 e. The van der Waals surface area contributed by atoms with Crippen LogP contribution in [0.2, 0.25) is 0 Å². The summed E-state index contributed by atoms with van der Waals surface area (Å²) in [7, 11) is 0. The molecule has 0 saturated heterocycles. The minimum absolute atomic E-state index is 0.112. The normalized spacial score (nSPS) is 19.1. The number of benzene rings is 2. The van der Waals surface area contributed by atoms with E-state index >= 15 is 0 Å². The van der Waals surface area contributed by atoms with E-state index in [-0.39, 0.29) is 5.92 Å². The lowest BCUT2D eigenvalue weighted by atomic mass is 9.83. The van der Waals surface area contributed by atoms with Gasteiger partial charge in [0.2, 0.25) is 0 Å². The van der Waals surface area contributed by atoms with Crippen LogP contribution in [0.5, 0.6) is 5.75 Å². The van der Waals surface area contributed by atoms with Crippen molar-refractivity contribution < 1.29 is 9.84 Å². The van der Waals surface area contributed by atoms with Crippen molar-refractivity contribution in [2.24, 2.45) is 0 Å². The van der Waals surface area contributed by atoms with E-state index in [0.29, 0.717) is 6.61 Å². The van der Waals surface area contributed by atoms with Crippen LogP contribution in [0.15, 0.2) is 42.5 Å². The molecular weight excluding hydrogens is 248 g/mol. The van der Waals surface area contributed by atoms with Crippen LogP contribution in [0.3, 0.4) is 0 Å². The number of para-hydroxylation sites is 1. The second-order valence-electron chi connectivity index (χ2n) is 5.59. The Balaban J connectivity index is 1.99. The van der Waals surface area contributed by atoms with Crippen LogP contribution in [0.1, 0.15) is 40.7 Å². The summed E-state index contributed by atoms with van der Waals surface area (Å²) in [5.74, 6) is 1.02. The fraction of sp³-hybridized carbons (Fsp3) is 0.333. The highest BCUT2D eigenvalue weighted by molar-refractivity contribution is 5.41. The first-order chi connectivity index (χ1) is 9.66. The van der Waals surface area contributed by atoms with Crippen molar-refractivity contribution in [3.63, 3.8) is 0 Å². The third kappa shape index (κ3) is 2.32. The zero-order valence-electron chi connectivity index (χ0n) is 12.0. The van der Waals surface area contributed by atoms with Crippen molar-refractivity contribution in [2.75, 3.05) is 6.61 Å². The van der Waals surface area contributed by atoms with Gasteiger partial charge in [-0.15, -0.1) is 0 Å². The van der Waals surface area contributed by atoms with Crippen molar-refractivity contribution in [3.05, 3.63) is 64.7 Å². The summed E-state index contributed by atoms with van der Waals surface area (Å²) in [5, 5.41) is 10.8. The highest BCUT2D eigenvalue weighted by Crippen LogP contribution is 2.41. The van der Waals surface area contributed by atoms with Crippen molar-refractivity contribution in [1.29, 1.82) is 0 Å². The maximum absolute atomic E-state index is 10.8. The van der Waals surface area contributed by atoms with E-state index in [2.05, 4.69) is 38.1 Å². The monoisotopic (exact) mass is 268 g/mol. The van der Waals surface area contributed by atoms with Crippen LogP contribution in [0.25, 0.3) is 0 Å². The van der Waals surface area contributed by atoms with Crippen LogP contribution in [0.4, 0.5) is 0 Å². The molecule has 0 bridgehead atoms. The number of hydrogen-bond donors (Lipinski definition) is 1. The minimum Gasteiger partial charge on any atom is -0.493 e. The predicted octanol–water partition coefficient (Wildman–Crippen LogP) is 3.90. The Labute approximate surface area is 120 Å². The summed E-state index contributed by atoms with van der Waals surface area (Å²) >= 11 is 0. The van der Waals surface area contributed by atoms with Gasteiger partial charge < -0.3 is 9.84 Å². The van der Waals surface area contributed by atoms with E-state index in [1.54, 1.807) is 0 Å². The van der Waals surface area contributed by atoms with Gasteiger partial charge in [-0.2, -0.15) is 0 Å². The average molecular weight is 268 g/mol. The Morgan fingerprint density at radius 2 is 1.95 bits per heavy atom. The fourth-order valence-corrected chi connectivity index (χ4v) is 2.99. The van der Waals surface area contributed by atoms with Crippen LogP contribution in [-0.4, -0.2) is 11.7 Å². The molecule has 0 saturated carbocycles. The number of aryl methyl sites for hydroxylation is 2. The van der Waals surface area contributed by atoms with Crippen molar-refractivity contribution in [2.45, 2.75) is 32.3 Å². The first-order valence-electron chi connectivity index (χ1n) is 7.14. The molecule has 2 atom stereocenters. The molecule has 2 aromatic rings.